The van der Waals surface area contributed by atoms with Gasteiger partial charge in [-0.2, -0.15) is 4.98 Å². The second kappa shape index (κ2) is 10.4. The first-order chi connectivity index (χ1) is 17.8. The molecule has 2 aliphatic rings. The molecule has 2 aromatic heterocycles. The second-order valence-electron chi connectivity index (χ2n) is 8.97. The fourth-order valence-corrected chi connectivity index (χ4v) is 5.34. The minimum absolute atomic E-state index is 0.00427. The highest BCUT2D eigenvalue weighted by Gasteiger charge is 2.30. The van der Waals surface area contributed by atoms with Crippen molar-refractivity contribution in [3.63, 3.8) is 0 Å². The van der Waals surface area contributed by atoms with E-state index in [4.69, 9.17) is 20.2 Å². The first-order valence-electron chi connectivity index (χ1n) is 12.2. The number of anilines is 2. The standard InChI is InChI=1S/C26H29FN6O3S/c1-3-36-26(27)9-7-18(8-10-26)23-29-21-22(30-25(28)31-24(21)37-23)33-13-11-32(12-14-33)20(34)16-35-19-6-4-5-17(2)15-19/h4-9,15H,3,10-14,16H2,1-2H3,(H2,28,30,31). The van der Waals surface area contributed by atoms with Crippen LogP contribution < -0.4 is 15.4 Å². The Bertz CT molecular complexity index is 1370. The molecule has 3 aromatic rings. The van der Waals surface area contributed by atoms with Crippen LogP contribution in [0.15, 0.2) is 42.5 Å². The maximum atomic E-state index is 14.6. The number of allylic oxidation sites excluding steroid dienone is 2. The first-order valence-corrected chi connectivity index (χ1v) is 13.0. The highest BCUT2D eigenvalue weighted by atomic mass is 32.1. The van der Waals surface area contributed by atoms with Crippen LogP contribution in [-0.2, 0) is 9.53 Å². The number of fused-ring (bicyclic) bond motifs is 1. The molecule has 1 aromatic carbocycles. The molecule has 11 heteroatoms. The molecule has 1 fully saturated rings. The largest absolute Gasteiger partial charge is 0.484 e. The average molecular weight is 525 g/mol. The molecule has 37 heavy (non-hydrogen) atoms. The van der Waals surface area contributed by atoms with E-state index in [1.807, 2.05) is 31.2 Å². The van der Waals surface area contributed by atoms with Crippen LogP contribution in [0.1, 0.15) is 23.9 Å². The van der Waals surface area contributed by atoms with Gasteiger partial charge in [-0.1, -0.05) is 35.6 Å². The number of benzene rings is 1. The number of piperazine rings is 1. The van der Waals surface area contributed by atoms with Crippen molar-refractivity contribution >= 4 is 44.9 Å². The van der Waals surface area contributed by atoms with Crippen LogP contribution >= 0.6 is 11.3 Å². The maximum Gasteiger partial charge on any atom is 0.260 e. The van der Waals surface area contributed by atoms with Crippen LogP contribution in [0.25, 0.3) is 15.9 Å². The van der Waals surface area contributed by atoms with Crippen molar-refractivity contribution in [1.82, 2.24) is 19.9 Å². The molecule has 1 atom stereocenters. The Morgan fingerprint density at radius 1 is 1.22 bits per heavy atom. The summed E-state index contributed by atoms with van der Waals surface area (Å²) in [6, 6.07) is 7.64. The van der Waals surface area contributed by atoms with E-state index in [1.165, 1.54) is 17.4 Å². The predicted octanol–water partition coefficient (Wildman–Crippen LogP) is 3.75. The summed E-state index contributed by atoms with van der Waals surface area (Å²) in [5.74, 6) is -0.357. The number of aromatic nitrogens is 3. The van der Waals surface area contributed by atoms with Crippen LogP contribution in [0.4, 0.5) is 16.2 Å². The van der Waals surface area contributed by atoms with Gasteiger partial charge >= 0.3 is 0 Å². The van der Waals surface area contributed by atoms with Crippen LogP contribution in [-0.4, -0.2) is 71.0 Å². The van der Waals surface area contributed by atoms with Crippen molar-refractivity contribution in [3.8, 4) is 5.75 Å². The SMILES string of the molecule is CCOC1(F)C=CC(c2nc3c(N4CCN(C(=O)COc5cccc(C)c5)CC4)nc(N)nc3s2)=CC1. The number of rotatable bonds is 7. The Balaban J connectivity index is 1.26. The Kier molecular flexibility index (Phi) is 7.07. The van der Waals surface area contributed by atoms with Gasteiger partial charge in [-0.15, -0.1) is 0 Å². The Hall–Kier alpha value is -3.57. The van der Waals surface area contributed by atoms with Gasteiger partial charge in [0.05, 0.1) is 0 Å². The van der Waals surface area contributed by atoms with Gasteiger partial charge in [0.2, 0.25) is 11.8 Å². The number of nitrogens with zero attached hydrogens (tertiary/aromatic N) is 5. The molecule has 1 saturated heterocycles. The molecule has 5 rings (SSSR count). The van der Waals surface area contributed by atoms with Crippen LogP contribution in [0.3, 0.4) is 0 Å². The summed E-state index contributed by atoms with van der Waals surface area (Å²) in [6.07, 6.45) is 5.02. The molecular formula is C26H29FN6O3S. The number of nitrogen functional groups attached to an aromatic ring is 1. The number of hydrogen-bond donors (Lipinski definition) is 1. The number of thiazole rings is 1. The van der Waals surface area contributed by atoms with E-state index in [0.717, 1.165) is 11.1 Å². The molecule has 9 nitrogen and oxygen atoms in total. The Labute approximate surface area is 218 Å². The minimum atomic E-state index is -1.79. The van der Waals surface area contributed by atoms with E-state index < -0.39 is 5.85 Å². The molecule has 0 spiro atoms. The number of aryl methyl sites for hydroxylation is 1. The van der Waals surface area contributed by atoms with Crippen molar-refractivity contribution in [1.29, 1.82) is 0 Å². The summed E-state index contributed by atoms with van der Waals surface area (Å²) < 4.78 is 25.5. The summed E-state index contributed by atoms with van der Waals surface area (Å²) >= 11 is 1.39. The molecule has 3 heterocycles. The number of amides is 1. The maximum absolute atomic E-state index is 14.6. The van der Waals surface area contributed by atoms with Gasteiger partial charge < -0.3 is 25.0 Å². The number of ether oxygens (including phenoxy) is 2. The van der Waals surface area contributed by atoms with Crippen molar-refractivity contribution in [3.05, 3.63) is 53.1 Å². The van der Waals surface area contributed by atoms with E-state index in [2.05, 4.69) is 14.9 Å². The molecule has 1 aliphatic carbocycles. The van der Waals surface area contributed by atoms with Gasteiger partial charge in [0.1, 0.15) is 16.3 Å². The summed E-state index contributed by atoms with van der Waals surface area (Å²) in [6.45, 7) is 6.26. The lowest BCUT2D eigenvalue weighted by molar-refractivity contribution is -0.133. The summed E-state index contributed by atoms with van der Waals surface area (Å²) in [5.41, 5.74) is 8.56. The van der Waals surface area contributed by atoms with Crippen LogP contribution in [0.2, 0.25) is 0 Å². The van der Waals surface area contributed by atoms with Gasteiger partial charge in [0.15, 0.2) is 17.3 Å². The van der Waals surface area contributed by atoms with E-state index in [1.54, 1.807) is 24.0 Å². The lowest BCUT2D eigenvalue weighted by Gasteiger charge is -2.35. The molecular weight excluding hydrogens is 495 g/mol. The van der Waals surface area contributed by atoms with Crippen molar-refractivity contribution < 1.29 is 18.7 Å². The molecule has 1 aliphatic heterocycles. The monoisotopic (exact) mass is 524 g/mol. The third-order valence-electron chi connectivity index (χ3n) is 6.28. The van der Waals surface area contributed by atoms with Crippen molar-refractivity contribution in [2.24, 2.45) is 0 Å². The molecule has 0 radical (unpaired) electrons. The summed E-state index contributed by atoms with van der Waals surface area (Å²) in [4.78, 5) is 30.9. The molecule has 0 bridgehead atoms. The van der Waals surface area contributed by atoms with Gasteiger partial charge in [-0.3, -0.25) is 4.79 Å². The predicted molar refractivity (Wildman–Crippen MR) is 142 cm³/mol. The highest BCUT2D eigenvalue weighted by molar-refractivity contribution is 7.19. The summed E-state index contributed by atoms with van der Waals surface area (Å²) in [5, 5.41) is 0.716. The zero-order valence-corrected chi connectivity index (χ0v) is 21.6. The minimum Gasteiger partial charge on any atom is -0.484 e. The zero-order chi connectivity index (χ0) is 26.0. The zero-order valence-electron chi connectivity index (χ0n) is 20.8. The molecule has 2 N–H and O–H groups in total. The number of alkyl halides is 1. The Morgan fingerprint density at radius 2 is 2.03 bits per heavy atom. The van der Waals surface area contributed by atoms with Gasteiger partial charge in [0, 0.05) is 44.8 Å². The quantitative estimate of drug-likeness (QED) is 0.498. The van der Waals surface area contributed by atoms with Crippen LogP contribution in [0.5, 0.6) is 5.75 Å². The average Bonchev–Trinajstić information content (AvgIpc) is 3.31. The molecule has 194 valence electrons. The smallest absolute Gasteiger partial charge is 0.260 e. The Morgan fingerprint density at radius 3 is 2.73 bits per heavy atom. The topological polar surface area (TPSA) is 107 Å². The second-order valence-corrected chi connectivity index (χ2v) is 9.94. The molecule has 1 unspecified atom stereocenters. The molecule has 1 amide bonds. The molecule has 0 saturated carbocycles. The van der Waals surface area contributed by atoms with E-state index in [0.29, 0.717) is 59.7 Å². The summed E-state index contributed by atoms with van der Waals surface area (Å²) in [7, 11) is 0. The van der Waals surface area contributed by atoms with E-state index in [-0.39, 0.29) is 24.9 Å². The lowest BCUT2D eigenvalue weighted by atomic mass is 10.0. The number of carbonyl (C=O) groups is 1. The third kappa shape index (κ3) is 5.57. The van der Waals surface area contributed by atoms with Crippen LogP contribution in [0, 0.1) is 6.92 Å². The number of halogens is 1. The number of carbonyl (C=O) groups excluding carboxylic acids is 1. The fraction of sp³-hybridized carbons (Fsp3) is 0.385. The van der Waals surface area contributed by atoms with E-state index in [9.17, 15) is 9.18 Å². The number of hydrogen-bond acceptors (Lipinski definition) is 9. The lowest BCUT2D eigenvalue weighted by Crippen LogP contribution is -2.50. The van der Waals surface area contributed by atoms with E-state index >= 15 is 0 Å². The third-order valence-corrected chi connectivity index (χ3v) is 7.28. The highest BCUT2D eigenvalue weighted by Crippen LogP contribution is 2.36. The van der Waals surface area contributed by atoms with Gasteiger partial charge in [0.25, 0.3) is 5.91 Å². The van der Waals surface area contributed by atoms with Gasteiger partial charge in [-0.05, 0) is 37.6 Å². The number of nitrogens with two attached hydrogens (primary N) is 1. The fourth-order valence-electron chi connectivity index (χ4n) is 4.38. The first kappa shape index (κ1) is 25.1. The normalized spacial score (nSPS) is 19.8. The van der Waals surface area contributed by atoms with Crippen molar-refractivity contribution in [2.75, 3.05) is 50.0 Å². The van der Waals surface area contributed by atoms with Crippen molar-refractivity contribution in [2.45, 2.75) is 26.1 Å². The van der Waals surface area contributed by atoms with Gasteiger partial charge in [-0.25, -0.2) is 14.4 Å².